The molecule has 0 unspecified atom stereocenters. The van der Waals surface area contributed by atoms with Crippen LogP contribution in [0.25, 0.3) is 11.0 Å². The fourth-order valence-electron chi connectivity index (χ4n) is 4.89. The van der Waals surface area contributed by atoms with Gasteiger partial charge in [-0.05, 0) is 36.4 Å². The van der Waals surface area contributed by atoms with Gasteiger partial charge in [-0.1, -0.05) is 54.6 Å². The highest BCUT2D eigenvalue weighted by Crippen LogP contribution is 2.36. The Balaban J connectivity index is 1.41. The molecule has 1 aliphatic heterocycles. The Labute approximate surface area is 254 Å². The van der Waals surface area contributed by atoms with Gasteiger partial charge in [0.25, 0.3) is 5.56 Å². The van der Waals surface area contributed by atoms with E-state index in [4.69, 9.17) is 18.9 Å². The molecule has 45 heavy (non-hydrogen) atoms. The molecule has 4 atom stereocenters. The summed E-state index contributed by atoms with van der Waals surface area (Å²) in [6.45, 7) is -0.422. The molecule has 5 aromatic rings. The van der Waals surface area contributed by atoms with Gasteiger partial charge >= 0.3 is 17.9 Å². The van der Waals surface area contributed by atoms with Gasteiger partial charge in [0.15, 0.2) is 29.8 Å². The van der Waals surface area contributed by atoms with E-state index in [2.05, 4.69) is 15.1 Å². The maximum atomic E-state index is 13.4. The predicted molar refractivity (Wildman–Crippen MR) is 155 cm³/mol. The summed E-state index contributed by atoms with van der Waals surface area (Å²) >= 11 is 0. The second-order valence-corrected chi connectivity index (χ2v) is 9.84. The molecule has 0 saturated carbocycles. The second kappa shape index (κ2) is 12.6. The number of ether oxygens (including phenoxy) is 4. The summed E-state index contributed by atoms with van der Waals surface area (Å²) in [6.07, 6.45) is -4.18. The molecule has 1 fully saturated rings. The van der Waals surface area contributed by atoms with Gasteiger partial charge in [-0.25, -0.2) is 24.0 Å². The zero-order valence-electron chi connectivity index (χ0n) is 23.3. The Morgan fingerprint density at radius 3 is 1.91 bits per heavy atom. The first-order valence-corrected chi connectivity index (χ1v) is 13.7. The minimum atomic E-state index is -1.40. The van der Waals surface area contributed by atoms with Crippen LogP contribution >= 0.6 is 0 Å². The maximum Gasteiger partial charge on any atom is 0.338 e. The normalized spacial score (nSPS) is 19.0. The smallest absolute Gasteiger partial charge is 0.338 e. The van der Waals surface area contributed by atoms with E-state index in [0.717, 1.165) is 11.0 Å². The van der Waals surface area contributed by atoms with Crippen molar-refractivity contribution < 1.29 is 33.3 Å². The van der Waals surface area contributed by atoms with Gasteiger partial charge in [0.2, 0.25) is 0 Å². The third-order valence-electron chi connectivity index (χ3n) is 7.02. The minimum absolute atomic E-state index is 0.0453. The van der Waals surface area contributed by atoms with Crippen LogP contribution < -0.4 is 5.56 Å². The number of nitrogens with zero attached hydrogens (tertiary/aromatic N) is 4. The number of aromatic nitrogens is 4. The van der Waals surface area contributed by atoms with Crippen molar-refractivity contribution in [3.63, 3.8) is 0 Å². The highest BCUT2D eigenvalue weighted by Gasteiger charge is 2.52. The van der Waals surface area contributed by atoms with Crippen LogP contribution in [0, 0.1) is 11.3 Å². The van der Waals surface area contributed by atoms with Crippen molar-refractivity contribution in [1.82, 2.24) is 19.7 Å². The number of hydrogen-bond donors (Lipinski definition) is 1. The summed E-state index contributed by atoms with van der Waals surface area (Å²) < 4.78 is 24.7. The number of nitriles is 1. The second-order valence-electron chi connectivity index (χ2n) is 9.84. The zero-order valence-corrected chi connectivity index (χ0v) is 23.3. The average molecular weight is 606 g/mol. The Morgan fingerprint density at radius 2 is 1.36 bits per heavy atom. The molecule has 0 spiro atoms. The number of fused-ring (bicyclic) bond motifs is 1. The van der Waals surface area contributed by atoms with E-state index in [9.17, 15) is 24.4 Å². The van der Waals surface area contributed by atoms with Crippen molar-refractivity contribution in [3.05, 3.63) is 130 Å². The Morgan fingerprint density at radius 1 is 0.822 bits per heavy atom. The molecule has 13 nitrogen and oxygen atoms in total. The van der Waals surface area contributed by atoms with Crippen LogP contribution in [0.2, 0.25) is 0 Å². The van der Waals surface area contributed by atoms with E-state index in [0.29, 0.717) is 0 Å². The standard InChI is InChI=1S/C32H23N5O8/c33-16-22-24-27(34-18-35-28(24)38)37(36-22)29-26(45-32(41)21-14-8-3-9-15-21)25(44-31(40)20-12-6-2-7-13-20)23(43-29)17-42-30(39)19-10-4-1-5-11-19/h1-15,18,23,25-26,29H,17H2,(H,34,35,38)/t23-,25+,26-,29+/m0/s1. The number of rotatable bonds is 8. The molecule has 1 aliphatic rings. The summed E-state index contributed by atoms with van der Waals surface area (Å²) in [5.41, 5.74) is -0.250. The molecule has 3 heterocycles. The monoisotopic (exact) mass is 605 g/mol. The number of H-pyrrole nitrogens is 1. The van der Waals surface area contributed by atoms with Crippen LogP contribution in [0.5, 0.6) is 0 Å². The van der Waals surface area contributed by atoms with E-state index < -0.39 is 54.6 Å². The van der Waals surface area contributed by atoms with Crippen molar-refractivity contribution in [2.45, 2.75) is 24.5 Å². The third kappa shape index (κ3) is 5.90. The van der Waals surface area contributed by atoms with Crippen molar-refractivity contribution >= 4 is 28.9 Å². The van der Waals surface area contributed by atoms with E-state index in [1.807, 2.05) is 6.07 Å². The molecule has 3 aromatic carbocycles. The first kappa shape index (κ1) is 29.0. The van der Waals surface area contributed by atoms with E-state index >= 15 is 0 Å². The lowest BCUT2D eigenvalue weighted by Crippen LogP contribution is -2.41. The van der Waals surface area contributed by atoms with Crippen LogP contribution in [0.4, 0.5) is 0 Å². The Kier molecular flexibility index (Phi) is 8.12. The van der Waals surface area contributed by atoms with Gasteiger partial charge in [-0.3, -0.25) is 4.79 Å². The topological polar surface area (TPSA) is 175 Å². The van der Waals surface area contributed by atoms with E-state index in [1.165, 1.54) is 12.1 Å². The van der Waals surface area contributed by atoms with Crippen LogP contribution in [-0.4, -0.2) is 62.6 Å². The molecule has 0 bridgehead atoms. The molecule has 13 heteroatoms. The zero-order chi connectivity index (χ0) is 31.3. The number of carbonyl (C=O) groups excluding carboxylic acids is 3. The first-order chi connectivity index (χ1) is 21.9. The van der Waals surface area contributed by atoms with Crippen LogP contribution in [0.3, 0.4) is 0 Å². The molecule has 0 aliphatic carbocycles. The van der Waals surface area contributed by atoms with Gasteiger partial charge in [-0.15, -0.1) is 0 Å². The minimum Gasteiger partial charge on any atom is -0.459 e. The highest BCUT2D eigenvalue weighted by molar-refractivity contribution is 5.91. The lowest BCUT2D eigenvalue weighted by Gasteiger charge is -2.24. The number of esters is 3. The van der Waals surface area contributed by atoms with Crippen molar-refractivity contribution in [3.8, 4) is 6.07 Å². The van der Waals surface area contributed by atoms with Crippen molar-refractivity contribution in [2.24, 2.45) is 0 Å². The Bertz CT molecular complexity index is 1950. The molecule has 0 radical (unpaired) electrons. The molecule has 0 amide bonds. The lowest BCUT2D eigenvalue weighted by atomic mass is 10.1. The largest absolute Gasteiger partial charge is 0.459 e. The SMILES string of the molecule is N#Cc1nn([C@@H]2O[C@@H](COC(=O)c3ccccc3)[C@@H](OC(=O)c3ccccc3)[C@@H]2OC(=O)c2ccccc2)c2nc[nH]c(=O)c12. The maximum absolute atomic E-state index is 13.4. The average Bonchev–Trinajstić information content (AvgIpc) is 3.63. The molecule has 2 aromatic heterocycles. The summed E-state index contributed by atoms with van der Waals surface area (Å²) in [5, 5.41) is 13.8. The van der Waals surface area contributed by atoms with Crippen LogP contribution in [0.1, 0.15) is 43.0 Å². The fraction of sp³-hybridized carbons (Fsp3) is 0.156. The van der Waals surface area contributed by atoms with Crippen LogP contribution in [-0.2, 0) is 18.9 Å². The quantitative estimate of drug-likeness (QED) is 0.203. The highest BCUT2D eigenvalue weighted by atomic mass is 16.7. The summed E-state index contributed by atoms with van der Waals surface area (Å²) in [4.78, 5) is 58.7. The van der Waals surface area contributed by atoms with Gasteiger partial charge in [0.1, 0.15) is 24.2 Å². The van der Waals surface area contributed by atoms with Crippen LogP contribution in [0.15, 0.2) is 102 Å². The number of carbonyl (C=O) groups is 3. The van der Waals surface area contributed by atoms with Gasteiger partial charge in [0.05, 0.1) is 23.0 Å². The first-order valence-electron chi connectivity index (χ1n) is 13.7. The summed E-state index contributed by atoms with van der Waals surface area (Å²) in [5.74, 6) is -2.21. The molecule has 6 rings (SSSR count). The van der Waals surface area contributed by atoms with Crippen molar-refractivity contribution in [1.29, 1.82) is 5.26 Å². The number of aromatic amines is 1. The molecule has 224 valence electrons. The fourth-order valence-corrected chi connectivity index (χ4v) is 4.89. The molecular formula is C32H23N5O8. The number of hydrogen-bond acceptors (Lipinski definition) is 11. The van der Waals surface area contributed by atoms with Gasteiger partial charge in [-0.2, -0.15) is 10.4 Å². The van der Waals surface area contributed by atoms with Gasteiger partial charge < -0.3 is 23.9 Å². The predicted octanol–water partition coefficient (Wildman–Crippen LogP) is 3.20. The number of benzene rings is 3. The van der Waals surface area contributed by atoms with Gasteiger partial charge in [0, 0.05) is 0 Å². The van der Waals surface area contributed by atoms with E-state index in [1.54, 1.807) is 78.9 Å². The Hall–Kier alpha value is -6.13. The molecular weight excluding hydrogens is 582 g/mol. The van der Waals surface area contributed by atoms with E-state index in [-0.39, 0.29) is 33.4 Å². The lowest BCUT2D eigenvalue weighted by molar-refractivity contribution is -0.0654. The summed E-state index contributed by atoms with van der Waals surface area (Å²) in [6, 6.07) is 26.3. The van der Waals surface area contributed by atoms with Crippen molar-refractivity contribution in [2.75, 3.05) is 6.61 Å². The molecule has 1 N–H and O–H groups in total. The summed E-state index contributed by atoms with van der Waals surface area (Å²) in [7, 11) is 0. The molecule has 1 saturated heterocycles. The number of nitrogens with one attached hydrogen (secondary N) is 1. The third-order valence-corrected chi connectivity index (χ3v) is 7.02.